The van der Waals surface area contributed by atoms with Crippen LogP contribution in [0.25, 0.3) is 0 Å². The second kappa shape index (κ2) is 10.9. The van der Waals surface area contributed by atoms with Crippen LogP contribution in [0.2, 0.25) is 0 Å². The molecular formula is C22H16N6O6. The van der Waals surface area contributed by atoms with E-state index < -0.39 is 21.7 Å². The van der Waals surface area contributed by atoms with Gasteiger partial charge >= 0.3 is 0 Å². The molecule has 0 aliphatic carbocycles. The van der Waals surface area contributed by atoms with Crippen molar-refractivity contribution in [2.75, 3.05) is 0 Å². The van der Waals surface area contributed by atoms with Crippen molar-refractivity contribution in [2.24, 2.45) is 10.2 Å². The highest BCUT2D eigenvalue weighted by atomic mass is 16.6. The fourth-order valence-corrected chi connectivity index (χ4v) is 2.65. The summed E-state index contributed by atoms with van der Waals surface area (Å²) in [7, 11) is 0. The van der Waals surface area contributed by atoms with Crippen LogP contribution >= 0.6 is 0 Å². The highest BCUT2D eigenvalue weighted by molar-refractivity contribution is 5.96. The number of nitrogens with zero attached hydrogens (tertiary/aromatic N) is 4. The molecule has 3 aromatic carbocycles. The van der Waals surface area contributed by atoms with Gasteiger partial charge < -0.3 is 0 Å². The summed E-state index contributed by atoms with van der Waals surface area (Å²) in [5.41, 5.74) is 5.69. The first-order chi connectivity index (χ1) is 16.3. The van der Waals surface area contributed by atoms with Gasteiger partial charge in [-0.05, 0) is 23.3 Å². The Balaban J connectivity index is 1.53. The summed E-state index contributed by atoms with van der Waals surface area (Å²) in [6.45, 7) is 0. The van der Waals surface area contributed by atoms with E-state index in [1.165, 1.54) is 48.8 Å². The Hall–Kier alpha value is -5.26. The minimum atomic E-state index is -0.594. The standard InChI is InChI=1S/C22H16N6O6/c29-21(17-3-1-5-19(11-17)27(31)32)25-23-13-15-7-9-16(10-8-15)14-24-26-22(30)18-4-2-6-20(12-18)28(33)34/h1-14H,(H,25,29)(H,26,30). The molecule has 2 amide bonds. The average Bonchev–Trinajstić information content (AvgIpc) is 2.85. The van der Waals surface area contributed by atoms with Crippen molar-refractivity contribution in [1.29, 1.82) is 0 Å². The maximum atomic E-state index is 12.1. The Labute approximate surface area is 191 Å². The predicted molar refractivity (Wildman–Crippen MR) is 123 cm³/mol. The summed E-state index contributed by atoms with van der Waals surface area (Å²) in [4.78, 5) is 44.5. The van der Waals surface area contributed by atoms with Crippen LogP contribution in [0, 0.1) is 20.2 Å². The number of hydrazone groups is 2. The summed E-state index contributed by atoms with van der Waals surface area (Å²) in [6.07, 6.45) is 2.78. The summed E-state index contributed by atoms with van der Waals surface area (Å²) < 4.78 is 0. The van der Waals surface area contributed by atoms with Crippen LogP contribution in [-0.2, 0) is 0 Å². The van der Waals surface area contributed by atoms with Crippen LogP contribution in [0.1, 0.15) is 31.8 Å². The zero-order valence-corrected chi connectivity index (χ0v) is 17.3. The minimum Gasteiger partial charge on any atom is -0.267 e. The molecule has 34 heavy (non-hydrogen) atoms. The normalized spacial score (nSPS) is 10.8. The second-order valence-electron chi connectivity index (χ2n) is 6.68. The Morgan fingerprint density at radius 2 is 1.06 bits per heavy atom. The first kappa shape index (κ1) is 23.4. The predicted octanol–water partition coefficient (Wildman–Crippen LogP) is 3.03. The number of non-ortho nitro benzene ring substituents is 2. The molecule has 0 unspecified atom stereocenters. The first-order valence-corrected chi connectivity index (χ1v) is 9.59. The number of nitro groups is 2. The summed E-state index contributed by atoms with van der Waals surface area (Å²) in [5.74, 6) is -1.19. The van der Waals surface area contributed by atoms with Gasteiger partial charge in [-0.3, -0.25) is 29.8 Å². The summed E-state index contributed by atoms with van der Waals surface area (Å²) in [6, 6.07) is 17.3. The number of nitro benzene ring substituents is 2. The lowest BCUT2D eigenvalue weighted by Gasteiger charge is -2.01. The highest BCUT2D eigenvalue weighted by Gasteiger charge is 2.11. The Morgan fingerprint density at radius 1 is 0.676 bits per heavy atom. The van der Waals surface area contributed by atoms with Crippen molar-refractivity contribution in [3.8, 4) is 0 Å². The van der Waals surface area contributed by atoms with E-state index in [0.29, 0.717) is 11.1 Å². The number of nitrogens with one attached hydrogen (secondary N) is 2. The molecule has 0 saturated carbocycles. The lowest BCUT2D eigenvalue weighted by molar-refractivity contribution is -0.385. The van der Waals surface area contributed by atoms with Crippen LogP contribution in [0.3, 0.4) is 0 Å². The van der Waals surface area contributed by atoms with Crippen LogP contribution in [0.5, 0.6) is 0 Å². The van der Waals surface area contributed by atoms with Gasteiger partial charge in [-0.1, -0.05) is 36.4 Å². The summed E-state index contributed by atoms with van der Waals surface area (Å²) >= 11 is 0. The van der Waals surface area contributed by atoms with Crippen molar-refractivity contribution >= 4 is 35.6 Å². The maximum Gasteiger partial charge on any atom is 0.271 e. The van der Waals surface area contributed by atoms with Crippen molar-refractivity contribution in [1.82, 2.24) is 10.9 Å². The maximum absolute atomic E-state index is 12.1. The molecule has 0 heterocycles. The van der Waals surface area contributed by atoms with Gasteiger partial charge in [-0.25, -0.2) is 10.9 Å². The molecule has 0 aromatic heterocycles. The molecule has 3 rings (SSSR count). The molecule has 12 nitrogen and oxygen atoms in total. The lowest BCUT2D eigenvalue weighted by atomic mass is 10.2. The van der Waals surface area contributed by atoms with Crippen molar-refractivity contribution < 1.29 is 19.4 Å². The molecule has 0 aliphatic rings. The van der Waals surface area contributed by atoms with Gasteiger partial charge in [0.1, 0.15) is 0 Å². The molecule has 0 fully saturated rings. The Morgan fingerprint density at radius 3 is 1.41 bits per heavy atom. The molecule has 0 aliphatic heterocycles. The Kier molecular flexibility index (Phi) is 7.47. The molecule has 3 aromatic rings. The van der Waals surface area contributed by atoms with Crippen LogP contribution in [0.4, 0.5) is 11.4 Å². The molecule has 0 spiro atoms. The van der Waals surface area contributed by atoms with E-state index in [9.17, 15) is 29.8 Å². The van der Waals surface area contributed by atoms with Crippen LogP contribution in [-0.4, -0.2) is 34.1 Å². The minimum absolute atomic E-state index is 0.102. The highest BCUT2D eigenvalue weighted by Crippen LogP contribution is 2.13. The van der Waals surface area contributed by atoms with E-state index in [0.717, 1.165) is 12.1 Å². The fraction of sp³-hybridized carbons (Fsp3) is 0. The van der Waals surface area contributed by atoms with Gasteiger partial charge in [0.05, 0.1) is 22.3 Å². The summed E-state index contributed by atoms with van der Waals surface area (Å²) in [5, 5.41) is 29.2. The SMILES string of the molecule is O=C(NN=Cc1ccc(C=NNC(=O)c2cccc([N+](=O)[O-])c2)cc1)c1cccc([N+](=O)[O-])c1. The lowest BCUT2D eigenvalue weighted by Crippen LogP contribution is -2.17. The van der Waals surface area contributed by atoms with Crippen LogP contribution in [0.15, 0.2) is 83.0 Å². The molecule has 0 saturated heterocycles. The molecule has 170 valence electrons. The quantitative estimate of drug-likeness (QED) is 0.297. The van der Waals surface area contributed by atoms with Crippen molar-refractivity contribution in [3.05, 3.63) is 115 Å². The number of rotatable bonds is 8. The van der Waals surface area contributed by atoms with Gasteiger partial charge in [-0.2, -0.15) is 10.2 Å². The number of amides is 2. The molecule has 12 heteroatoms. The number of hydrogen-bond donors (Lipinski definition) is 2. The fourth-order valence-electron chi connectivity index (χ4n) is 2.65. The number of hydrogen-bond acceptors (Lipinski definition) is 8. The molecular weight excluding hydrogens is 444 g/mol. The number of carbonyl (C=O) groups excluding carboxylic acids is 2. The smallest absolute Gasteiger partial charge is 0.267 e. The van der Waals surface area contributed by atoms with E-state index in [2.05, 4.69) is 21.1 Å². The van der Waals surface area contributed by atoms with E-state index in [4.69, 9.17) is 0 Å². The van der Waals surface area contributed by atoms with Gasteiger partial charge in [0.25, 0.3) is 23.2 Å². The van der Waals surface area contributed by atoms with E-state index in [1.807, 2.05) is 0 Å². The van der Waals surface area contributed by atoms with Crippen molar-refractivity contribution in [3.63, 3.8) is 0 Å². The monoisotopic (exact) mass is 460 g/mol. The second-order valence-corrected chi connectivity index (χ2v) is 6.68. The average molecular weight is 460 g/mol. The van der Waals surface area contributed by atoms with E-state index in [1.54, 1.807) is 24.3 Å². The Bertz CT molecular complexity index is 1200. The number of carbonyl (C=O) groups is 2. The first-order valence-electron chi connectivity index (χ1n) is 9.59. The largest absolute Gasteiger partial charge is 0.271 e. The van der Waals surface area contributed by atoms with Gasteiger partial charge in [-0.15, -0.1) is 0 Å². The van der Waals surface area contributed by atoms with Gasteiger partial charge in [0.2, 0.25) is 0 Å². The van der Waals surface area contributed by atoms with Crippen molar-refractivity contribution in [2.45, 2.75) is 0 Å². The third kappa shape index (κ3) is 6.37. The van der Waals surface area contributed by atoms with E-state index >= 15 is 0 Å². The van der Waals surface area contributed by atoms with E-state index in [-0.39, 0.29) is 22.5 Å². The topological polar surface area (TPSA) is 169 Å². The van der Waals surface area contributed by atoms with Gasteiger partial charge in [0, 0.05) is 35.4 Å². The zero-order chi connectivity index (χ0) is 24.5. The third-order valence-corrected chi connectivity index (χ3v) is 4.33. The molecule has 0 radical (unpaired) electrons. The number of benzene rings is 3. The molecule has 2 N–H and O–H groups in total. The zero-order valence-electron chi connectivity index (χ0n) is 17.3. The van der Waals surface area contributed by atoms with Crippen LogP contribution < -0.4 is 10.9 Å². The van der Waals surface area contributed by atoms with Gasteiger partial charge in [0.15, 0.2) is 0 Å². The third-order valence-electron chi connectivity index (χ3n) is 4.33. The molecule has 0 bridgehead atoms. The molecule has 0 atom stereocenters.